The monoisotopic (exact) mass is 388 g/mol. The largest absolute Gasteiger partial charge is 0.0820 e. The summed E-state index contributed by atoms with van der Waals surface area (Å²) in [4.78, 5) is 0. The van der Waals surface area contributed by atoms with E-state index in [1.165, 1.54) is 0 Å². The third-order valence-corrected chi connectivity index (χ3v) is 8.08. The molecule has 4 aliphatic carbocycles. The molecular weight excluding hydrogens is 374 g/mol. The molecule has 0 heterocycles. The summed E-state index contributed by atoms with van der Waals surface area (Å²) in [6.07, 6.45) is 6.27. The second kappa shape index (κ2) is 2.97. The predicted molar refractivity (Wildman–Crippen MR) is 68.0 cm³/mol. The van der Waals surface area contributed by atoms with E-state index < -0.39 is 0 Å². The minimum absolute atomic E-state index is 1.03. The van der Waals surface area contributed by atoms with Gasteiger partial charge < -0.3 is 0 Å². The van der Waals surface area contributed by atoms with Gasteiger partial charge in [0.25, 0.3) is 0 Å². The fourth-order valence-electron chi connectivity index (χ4n) is 3.77. The van der Waals surface area contributed by atoms with Crippen molar-refractivity contribution in [2.45, 2.75) is 33.5 Å². The lowest BCUT2D eigenvalue weighted by molar-refractivity contribution is 0.0439. The van der Waals surface area contributed by atoms with E-state index in [2.05, 4.69) is 45.2 Å². The summed E-state index contributed by atoms with van der Waals surface area (Å²) >= 11 is 5.47. The van der Waals surface area contributed by atoms with Gasteiger partial charge in [-0.1, -0.05) is 45.2 Å². The van der Waals surface area contributed by atoms with E-state index in [-0.39, 0.29) is 0 Å². The molecular formula is C10H14I2. The Morgan fingerprint density at radius 3 is 1.92 bits per heavy atom. The molecule has 6 atom stereocenters. The van der Waals surface area contributed by atoms with Crippen LogP contribution in [0, 0.1) is 23.7 Å². The Bertz CT molecular complexity index is 186. The van der Waals surface area contributed by atoms with Gasteiger partial charge in [-0.3, -0.25) is 0 Å². The Morgan fingerprint density at radius 1 is 0.750 bits per heavy atom. The minimum atomic E-state index is 1.03. The van der Waals surface area contributed by atoms with E-state index in [9.17, 15) is 0 Å². The maximum atomic E-state index is 2.74. The van der Waals surface area contributed by atoms with Gasteiger partial charge in [0, 0.05) is 7.85 Å². The Labute approximate surface area is 102 Å². The smallest absolute Gasteiger partial charge is 0.0176 e. The van der Waals surface area contributed by atoms with Crippen LogP contribution in [0.4, 0.5) is 0 Å². The van der Waals surface area contributed by atoms with Crippen molar-refractivity contribution in [1.82, 2.24) is 0 Å². The average Bonchev–Trinajstić information content (AvgIpc) is 2.07. The van der Waals surface area contributed by atoms with Gasteiger partial charge >= 0.3 is 0 Å². The summed E-state index contributed by atoms with van der Waals surface area (Å²) in [6.45, 7) is 0. The first-order chi connectivity index (χ1) is 5.75. The van der Waals surface area contributed by atoms with Crippen molar-refractivity contribution in [2.75, 3.05) is 0 Å². The lowest BCUT2D eigenvalue weighted by atomic mass is 9.56. The highest BCUT2D eigenvalue weighted by molar-refractivity contribution is 14.1. The van der Waals surface area contributed by atoms with Crippen molar-refractivity contribution in [3.8, 4) is 0 Å². The van der Waals surface area contributed by atoms with E-state index in [1.54, 1.807) is 25.7 Å². The predicted octanol–water partition coefficient (Wildman–Crippen LogP) is 3.66. The van der Waals surface area contributed by atoms with Crippen LogP contribution in [-0.2, 0) is 0 Å². The molecule has 0 aromatic carbocycles. The molecule has 0 aromatic rings. The molecule has 0 saturated heterocycles. The minimum Gasteiger partial charge on any atom is -0.0820 e. The highest BCUT2D eigenvalue weighted by Gasteiger charge is 2.51. The molecule has 4 saturated carbocycles. The van der Waals surface area contributed by atoms with Crippen LogP contribution in [0.15, 0.2) is 0 Å². The Balaban J connectivity index is 1.93. The summed E-state index contributed by atoms with van der Waals surface area (Å²) < 4.78 is 2.05. The van der Waals surface area contributed by atoms with Crippen molar-refractivity contribution in [3.63, 3.8) is 0 Å². The van der Waals surface area contributed by atoms with Gasteiger partial charge in [0.1, 0.15) is 0 Å². The Kier molecular flexibility index (Phi) is 2.17. The van der Waals surface area contributed by atoms with Gasteiger partial charge in [-0.05, 0) is 49.4 Å². The number of halogens is 2. The second-order valence-corrected chi connectivity index (χ2v) is 7.76. The summed E-state index contributed by atoms with van der Waals surface area (Å²) in [6, 6.07) is 0. The SMILES string of the molecule is I[C@@H]1C2CC3CC(C2)[C@H](I)C1C3. The van der Waals surface area contributed by atoms with Gasteiger partial charge in [0.2, 0.25) is 0 Å². The molecule has 0 spiro atoms. The zero-order valence-electron chi connectivity index (χ0n) is 7.05. The number of hydrogen-bond acceptors (Lipinski definition) is 0. The number of rotatable bonds is 0. The zero-order chi connectivity index (χ0) is 8.29. The summed E-state index contributed by atoms with van der Waals surface area (Å²) in [7, 11) is 0. The van der Waals surface area contributed by atoms with Gasteiger partial charge in [-0.15, -0.1) is 0 Å². The average molecular weight is 388 g/mol. The van der Waals surface area contributed by atoms with Crippen LogP contribution in [0.2, 0.25) is 0 Å². The second-order valence-electron chi connectivity index (χ2n) is 4.88. The summed E-state index contributed by atoms with van der Waals surface area (Å²) in [5.74, 6) is 4.44. The van der Waals surface area contributed by atoms with Crippen molar-refractivity contribution >= 4 is 45.2 Å². The molecule has 4 unspecified atom stereocenters. The van der Waals surface area contributed by atoms with Crippen molar-refractivity contribution < 1.29 is 0 Å². The molecule has 0 nitrogen and oxygen atoms in total. The van der Waals surface area contributed by atoms with Gasteiger partial charge in [-0.2, -0.15) is 0 Å². The fraction of sp³-hybridized carbons (Fsp3) is 1.00. The molecule has 4 aliphatic rings. The molecule has 0 radical (unpaired) electrons. The first-order valence-electron chi connectivity index (χ1n) is 5.04. The number of alkyl halides is 2. The van der Waals surface area contributed by atoms with Crippen molar-refractivity contribution in [2.24, 2.45) is 23.7 Å². The first-order valence-corrected chi connectivity index (χ1v) is 7.53. The van der Waals surface area contributed by atoms with Crippen LogP contribution < -0.4 is 0 Å². The molecule has 0 amide bonds. The normalized spacial score (nSPS) is 62.5. The third-order valence-electron chi connectivity index (χ3n) is 4.20. The lowest BCUT2D eigenvalue weighted by Gasteiger charge is -2.55. The van der Waals surface area contributed by atoms with Crippen LogP contribution in [-0.4, -0.2) is 7.85 Å². The van der Waals surface area contributed by atoms with E-state index in [0.29, 0.717) is 0 Å². The molecule has 0 N–H and O–H groups in total. The first kappa shape index (κ1) is 8.74. The molecule has 12 heavy (non-hydrogen) atoms. The Hall–Kier alpha value is 1.46. The topological polar surface area (TPSA) is 0 Å². The van der Waals surface area contributed by atoms with Gasteiger partial charge in [-0.25, -0.2) is 0 Å². The maximum absolute atomic E-state index is 2.74. The van der Waals surface area contributed by atoms with Gasteiger partial charge in [0.05, 0.1) is 0 Å². The number of hydrogen-bond donors (Lipinski definition) is 0. The molecule has 4 rings (SSSR count). The van der Waals surface area contributed by atoms with E-state index in [1.807, 2.05) is 0 Å². The summed E-state index contributed by atoms with van der Waals surface area (Å²) in [5.41, 5.74) is 0. The third kappa shape index (κ3) is 1.12. The van der Waals surface area contributed by atoms with Crippen LogP contribution in [0.25, 0.3) is 0 Å². The fourth-order valence-corrected chi connectivity index (χ4v) is 7.22. The zero-order valence-corrected chi connectivity index (χ0v) is 11.4. The molecule has 68 valence electrons. The standard InChI is InChI=1S/C10H14I2/c11-9-6-1-5-2-7(4-6)10(12)8(9)3-5/h5-10H,1-4H2/t5?,6?,7?,8?,9-,10+. The molecule has 4 fully saturated rings. The molecule has 0 aromatic heterocycles. The highest BCUT2D eigenvalue weighted by Crippen LogP contribution is 2.58. The summed E-state index contributed by atoms with van der Waals surface area (Å²) in [5, 5.41) is 0. The van der Waals surface area contributed by atoms with Crippen LogP contribution in [0.3, 0.4) is 0 Å². The molecule has 4 bridgehead atoms. The maximum Gasteiger partial charge on any atom is 0.0176 e. The Morgan fingerprint density at radius 2 is 1.33 bits per heavy atom. The van der Waals surface area contributed by atoms with E-state index >= 15 is 0 Å². The molecule has 2 heteroatoms. The van der Waals surface area contributed by atoms with Crippen LogP contribution >= 0.6 is 45.2 Å². The quantitative estimate of drug-likeness (QED) is 0.439. The highest BCUT2D eigenvalue weighted by atomic mass is 127. The van der Waals surface area contributed by atoms with Crippen LogP contribution in [0.1, 0.15) is 25.7 Å². The van der Waals surface area contributed by atoms with E-state index in [4.69, 9.17) is 0 Å². The van der Waals surface area contributed by atoms with E-state index in [0.717, 1.165) is 31.5 Å². The van der Waals surface area contributed by atoms with Crippen molar-refractivity contribution in [3.05, 3.63) is 0 Å². The van der Waals surface area contributed by atoms with Crippen LogP contribution in [0.5, 0.6) is 0 Å². The van der Waals surface area contributed by atoms with Gasteiger partial charge in [0.15, 0.2) is 0 Å². The molecule has 0 aliphatic heterocycles. The lowest BCUT2D eigenvalue weighted by Crippen LogP contribution is -2.51. The van der Waals surface area contributed by atoms with Crippen molar-refractivity contribution in [1.29, 1.82) is 0 Å².